The Bertz CT molecular complexity index is 540. The minimum atomic E-state index is -0.853. The van der Waals surface area contributed by atoms with Crippen molar-refractivity contribution in [1.29, 1.82) is 0 Å². The van der Waals surface area contributed by atoms with Crippen LogP contribution in [0.3, 0.4) is 0 Å². The van der Waals surface area contributed by atoms with Gasteiger partial charge in [-0.25, -0.2) is 4.79 Å². The molecule has 2 rings (SSSR count). The van der Waals surface area contributed by atoms with E-state index in [2.05, 4.69) is 17.7 Å². The molecule has 0 bridgehead atoms. The van der Waals surface area contributed by atoms with Crippen LogP contribution < -0.4 is 0 Å². The van der Waals surface area contributed by atoms with Crippen LogP contribution in [0.5, 0.6) is 0 Å². The molecule has 0 radical (unpaired) electrons. The van der Waals surface area contributed by atoms with E-state index in [9.17, 15) is 9.90 Å². The molecule has 1 N–H and O–H groups in total. The highest BCUT2D eigenvalue weighted by Gasteiger charge is 2.14. The fourth-order valence-electron chi connectivity index (χ4n) is 2.15. The zero-order valence-corrected chi connectivity index (χ0v) is 9.53. The number of hydrogen-bond donors (Lipinski definition) is 1. The second-order valence-electron chi connectivity index (χ2n) is 3.80. The van der Waals surface area contributed by atoms with Crippen molar-refractivity contribution in [2.75, 3.05) is 0 Å². The molecule has 1 aromatic heterocycles. The Kier molecular flexibility index (Phi) is 2.69. The van der Waals surface area contributed by atoms with Crippen molar-refractivity contribution in [3.63, 3.8) is 0 Å². The van der Waals surface area contributed by atoms with Crippen LogP contribution in [-0.4, -0.2) is 15.6 Å². The second kappa shape index (κ2) is 4.00. The lowest BCUT2D eigenvalue weighted by Gasteiger charge is -2.02. The van der Waals surface area contributed by atoms with Crippen LogP contribution in [0.25, 0.3) is 10.9 Å². The van der Waals surface area contributed by atoms with Gasteiger partial charge in [-0.05, 0) is 31.0 Å². The monoisotopic (exact) mass is 217 g/mol. The molecule has 0 spiro atoms. The smallest absolute Gasteiger partial charge is 0.336 e. The van der Waals surface area contributed by atoms with Gasteiger partial charge < -0.3 is 9.67 Å². The SMILES string of the molecule is CCc1cn(CC)c2cccc(C(=O)O)c12. The molecule has 0 aliphatic carbocycles. The van der Waals surface area contributed by atoms with Gasteiger partial charge >= 0.3 is 5.97 Å². The Balaban J connectivity index is 2.84. The first-order valence-electron chi connectivity index (χ1n) is 5.53. The van der Waals surface area contributed by atoms with Crippen LogP contribution in [0.2, 0.25) is 0 Å². The molecule has 16 heavy (non-hydrogen) atoms. The number of benzene rings is 1. The normalized spacial score (nSPS) is 10.9. The van der Waals surface area contributed by atoms with Crippen molar-refractivity contribution in [1.82, 2.24) is 4.57 Å². The summed E-state index contributed by atoms with van der Waals surface area (Å²) in [6.45, 7) is 4.97. The van der Waals surface area contributed by atoms with Crippen LogP contribution >= 0.6 is 0 Å². The molecule has 1 heterocycles. The van der Waals surface area contributed by atoms with Gasteiger partial charge in [0.15, 0.2) is 0 Å². The fraction of sp³-hybridized carbons (Fsp3) is 0.308. The minimum absolute atomic E-state index is 0.404. The number of nitrogens with zero attached hydrogens (tertiary/aromatic N) is 1. The van der Waals surface area contributed by atoms with E-state index < -0.39 is 5.97 Å². The minimum Gasteiger partial charge on any atom is -0.478 e. The van der Waals surface area contributed by atoms with Gasteiger partial charge in [0.25, 0.3) is 0 Å². The van der Waals surface area contributed by atoms with E-state index in [1.807, 2.05) is 13.0 Å². The zero-order valence-electron chi connectivity index (χ0n) is 9.53. The quantitative estimate of drug-likeness (QED) is 0.858. The van der Waals surface area contributed by atoms with Gasteiger partial charge in [-0.3, -0.25) is 0 Å². The Morgan fingerprint density at radius 2 is 2.12 bits per heavy atom. The molecule has 0 aliphatic rings. The molecule has 1 aromatic carbocycles. The Morgan fingerprint density at radius 3 is 2.69 bits per heavy atom. The summed E-state index contributed by atoms with van der Waals surface area (Å²) in [5.41, 5.74) is 2.52. The van der Waals surface area contributed by atoms with Gasteiger partial charge in [-0.1, -0.05) is 13.0 Å². The number of rotatable bonds is 3. The lowest BCUT2D eigenvalue weighted by molar-refractivity contribution is 0.0699. The van der Waals surface area contributed by atoms with E-state index in [-0.39, 0.29) is 0 Å². The summed E-state index contributed by atoms with van der Waals surface area (Å²) in [6.07, 6.45) is 2.91. The number of aromatic carboxylic acids is 1. The molecule has 0 saturated carbocycles. The van der Waals surface area contributed by atoms with Crippen molar-refractivity contribution in [2.24, 2.45) is 0 Å². The molecule has 84 valence electrons. The third kappa shape index (κ3) is 1.48. The van der Waals surface area contributed by atoms with E-state index >= 15 is 0 Å². The summed E-state index contributed by atoms with van der Waals surface area (Å²) < 4.78 is 2.10. The summed E-state index contributed by atoms with van der Waals surface area (Å²) in [5, 5.41) is 10.1. The second-order valence-corrected chi connectivity index (χ2v) is 3.80. The summed E-state index contributed by atoms with van der Waals surface area (Å²) in [6, 6.07) is 5.45. The van der Waals surface area contributed by atoms with E-state index in [0.717, 1.165) is 29.4 Å². The fourth-order valence-corrected chi connectivity index (χ4v) is 2.15. The van der Waals surface area contributed by atoms with Gasteiger partial charge in [0.1, 0.15) is 0 Å². The molecule has 0 unspecified atom stereocenters. The number of aryl methyl sites for hydroxylation is 2. The molecule has 0 amide bonds. The molecule has 2 aromatic rings. The molecule has 0 aliphatic heterocycles. The first kappa shape index (κ1) is 10.7. The maximum absolute atomic E-state index is 11.2. The highest BCUT2D eigenvalue weighted by Crippen LogP contribution is 2.25. The lowest BCUT2D eigenvalue weighted by atomic mass is 10.1. The summed E-state index contributed by atoms with van der Waals surface area (Å²) in [7, 11) is 0. The highest BCUT2D eigenvalue weighted by atomic mass is 16.4. The average Bonchev–Trinajstić information content (AvgIpc) is 2.66. The van der Waals surface area contributed by atoms with Crippen molar-refractivity contribution in [3.05, 3.63) is 35.5 Å². The van der Waals surface area contributed by atoms with Crippen molar-refractivity contribution in [3.8, 4) is 0 Å². The van der Waals surface area contributed by atoms with Gasteiger partial charge in [-0.15, -0.1) is 0 Å². The van der Waals surface area contributed by atoms with Gasteiger partial charge in [0, 0.05) is 23.6 Å². The van der Waals surface area contributed by atoms with E-state index in [1.54, 1.807) is 12.1 Å². The topological polar surface area (TPSA) is 42.2 Å². The Morgan fingerprint density at radius 1 is 1.38 bits per heavy atom. The van der Waals surface area contributed by atoms with Crippen LogP contribution in [0, 0.1) is 0 Å². The summed E-state index contributed by atoms with van der Waals surface area (Å²) in [4.78, 5) is 11.2. The maximum atomic E-state index is 11.2. The van der Waals surface area contributed by atoms with Crippen LogP contribution in [0.15, 0.2) is 24.4 Å². The molecular formula is C13H15NO2. The van der Waals surface area contributed by atoms with Crippen LogP contribution in [0.1, 0.15) is 29.8 Å². The van der Waals surface area contributed by atoms with Gasteiger partial charge in [0.05, 0.1) is 5.56 Å². The van der Waals surface area contributed by atoms with Crippen molar-refractivity contribution in [2.45, 2.75) is 26.8 Å². The maximum Gasteiger partial charge on any atom is 0.336 e. The standard InChI is InChI=1S/C13H15NO2/c1-3-9-8-14(4-2)11-7-5-6-10(12(9)11)13(15)16/h5-8H,3-4H2,1-2H3,(H,15,16). The summed E-state index contributed by atoms with van der Waals surface area (Å²) in [5.74, 6) is -0.853. The van der Waals surface area contributed by atoms with E-state index in [4.69, 9.17) is 0 Å². The number of hydrogen-bond acceptors (Lipinski definition) is 1. The number of carbonyl (C=O) groups is 1. The van der Waals surface area contributed by atoms with Gasteiger partial charge in [-0.2, -0.15) is 0 Å². The Labute approximate surface area is 94.3 Å². The number of carboxylic acid groups (broad SMARTS) is 1. The molecular weight excluding hydrogens is 202 g/mol. The molecule has 3 nitrogen and oxygen atoms in total. The van der Waals surface area contributed by atoms with E-state index in [0.29, 0.717) is 5.56 Å². The molecule has 3 heteroatoms. The molecule has 0 fully saturated rings. The number of fused-ring (bicyclic) bond motifs is 1. The third-order valence-electron chi connectivity index (χ3n) is 2.94. The van der Waals surface area contributed by atoms with Crippen LogP contribution in [0.4, 0.5) is 0 Å². The number of carboxylic acids is 1. The van der Waals surface area contributed by atoms with Crippen LogP contribution in [-0.2, 0) is 13.0 Å². The predicted octanol–water partition coefficient (Wildman–Crippen LogP) is 2.92. The molecule has 0 saturated heterocycles. The van der Waals surface area contributed by atoms with E-state index in [1.165, 1.54) is 0 Å². The largest absolute Gasteiger partial charge is 0.478 e. The highest BCUT2D eigenvalue weighted by molar-refractivity contribution is 6.04. The third-order valence-corrected chi connectivity index (χ3v) is 2.94. The predicted molar refractivity (Wildman–Crippen MR) is 63.9 cm³/mol. The summed E-state index contributed by atoms with van der Waals surface area (Å²) >= 11 is 0. The first-order chi connectivity index (χ1) is 7.69. The average molecular weight is 217 g/mol. The number of aromatic nitrogens is 1. The first-order valence-corrected chi connectivity index (χ1v) is 5.53. The molecule has 0 atom stereocenters. The lowest BCUT2D eigenvalue weighted by Crippen LogP contribution is -1.98. The van der Waals surface area contributed by atoms with Gasteiger partial charge in [0.2, 0.25) is 0 Å². The van der Waals surface area contributed by atoms with Crippen molar-refractivity contribution < 1.29 is 9.90 Å². The Hall–Kier alpha value is -1.77. The van der Waals surface area contributed by atoms with Crippen molar-refractivity contribution >= 4 is 16.9 Å². The zero-order chi connectivity index (χ0) is 11.7.